The average molecular weight is 540 g/mol. The lowest BCUT2D eigenvalue weighted by Gasteiger charge is -2.26. The monoisotopic (exact) mass is 539 g/mol. The highest BCUT2D eigenvalue weighted by Gasteiger charge is 2.43. The van der Waals surface area contributed by atoms with E-state index in [0.29, 0.717) is 41.2 Å². The smallest absolute Gasteiger partial charge is 0.291 e. The summed E-state index contributed by atoms with van der Waals surface area (Å²) in [6.07, 6.45) is 4.44. The van der Waals surface area contributed by atoms with Gasteiger partial charge in [-0.3, -0.25) is 9.59 Å². The summed E-state index contributed by atoms with van der Waals surface area (Å²) in [6.45, 7) is 9.01. The molecule has 6 heteroatoms. The zero-order valence-corrected chi connectivity index (χ0v) is 24.0. The topological polar surface area (TPSA) is 69.0 Å². The van der Waals surface area contributed by atoms with Crippen molar-refractivity contribution < 1.29 is 18.7 Å². The molecule has 40 heavy (non-hydrogen) atoms. The van der Waals surface area contributed by atoms with E-state index in [1.165, 1.54) is 12.8 Å². The third-order valence-electron chi connectivity index (χ3n) is 7.63. The molecule has 0 saturated heterocycles. The summed E-state index contributed by atoms with van der Waals surface area (Å²) in [4.78, 5) is 29.7. The molecule has 0 N–H and O–H groups in total. The molecule has 0 bridgehead atoms. The molecule has 0 spiro atoms. The Morgan fingerprint density at radius 2 is 1.65 bits per heavy atom. The van der Waals surface area contributed by atoms with Crippen LogP contribution in [0.2, 0.25) is 0 Å². The maximum atomic E-state index is 14.1. The summed E-state index contributed by atoms with van der Waals surface area (Å²) in [5, 5.41) is 0.491. The van der Waals surface area contributed by atoms with E-state index in [0.717, 1.165) is 40.7 Å². The van der Waals surface area contributed by atoms with Crippen molar-refractivity contribution in [1.29, 1.82) is 0 Å². The maximum absolute atomic E-state index is 14.1. The number of nitrogens with zero attached hydrogens (tertiary/aromatic N) is 1. The number of hydrogen-bond acceptors (Lipinski definition) is 5. The molecule has 4 aromatic rings. The van der Waals surface area contributed by atoms with Crippen LogP contribution in [0.1, 0.15) is 82.6 Å². The van der Waals surface area contributed by atoms with Crippen molar-refractivity contribution in [1.82, 2.24) is 4.90 Å². The second-order valence-electron chi connectivity index (χ2n) is 10.8. The molecule has 0 radical (unpaired) electrons. The lowest BCUT2D eigenvalue weighted by Crippen LogP contribution is -2.29. The van der Waals surface area contributed by atoms with Crippen molar-refractivity contribution in [2.24, 2.45) is 0 Å². The first-order valence-corrected chi connectivity index (χ1v) is 14.1. The second-order valence-corrected chi connectivity index (χ2v) is 10.8. The number of fused-ring (bicyclic) bond motifs is 2. The van der Waals surface area contributed by atoms with E-state index in [1.807, 2.05) is 75.4 Å². The zero-order chi connectivity index (χ0) is 28.4. The number of ether oxygens (including phenoxy) is 2. The molecule has 208 valence electrons. The highest BCUT2D eigenvalue weighted by atomic mass is 16.5. The SMILES string of the molecule is CCCCCCOc1ccc(C2c3c(oc4c(C)cc(C)cc4c3=O)C(=O)N2Cc2ccc(C)cc2)cc1OC. The first-order chi connectivity index (χ1) is 19.3. The van der Waals surface area contributed by atoms with Crippen molar-refractivity contribution >= 4 is 16.9 Å². The fourth-order valence-electron chi connectivity index (χ4n) is 5.56. The van der Waals surface area contributed by atoms with Gasteiger partial charge in [0, 0.05) is 6.54 Å². The number of carbonyl (C=O) groups is 1. The minimum Gasteiger partial charge on any atom is -0.493 e. The number of amides is 1. The minimum atomic E-state index is -0.627. The number of methoxy groups -OCH3 is 1. The van der Waals surface area contributed by atoms with Crippen molar-refractivity contribution in [3.63, 3.8) is 0 Å². The molecule has 1 aliphatic heterocycles. The van der Waals surface area contributed by atoms with E-state index in [1.54, 1.807) is 12.0 Å². The van der Waals surface area contributed by atoms with Gasteiger partial charge in [-0.2, -0.15) is 0 Å². The van der Waals surface area contributed by atoms with E-state index < -0.39 is 6.04 Å². The first-order valence-electron chi connectivity index (χ1n) is 14.1. The molecule has 1 amide bonds. The highest BCUT2D eigenvalue weighted by molar-refractivity contribution is 5.99. The van der Waals surface area contributed by atoms with Gasteiger partial charge >= 0.3 is 0 Å². The van der Waals surface area contributed by atoms with Gasteiger partial charge in [-0.1, -0.05) is 68.1 Å². The van der Waals surface area contributed by atoms with Crippen LogP contribution in [0.15, 0.2) is 63.8 Å². The quantitative estimate of drug-likeness (QED) is 0.196. The zero-order valence-electron chi connectivity index (χ0n) is 24.0. The van der Waals surface area contributed by atoms with Crippen LogP contribution in [-0.2, 0) is 6.54 Å². The normalized spacial score (nSPS) is 14.6. The van der Waals surface area contributed by atoms with Crippen LogP contribution in [0.25, 0.3) is 11.0 Å². The fraction of sp³-hybridized carbons (Fsp3) is 0.353. The number of unbranched alkanes of at least 4 members (excludes halogenated alkanes) is 3. The number of benzene rings is 3. The molecule has 0 saturated carbocycles. The Labute approximate surface area is 235 Å². The summed E-state index contributed by atoms with van der Waals surface area (Å²) in [5.41, 5.74) is 5.33. The van der Waals surface area contributed by atoms with Gasteiger partial charge in [0.25, 0.3) is 5.91 Å². The number of carbonyl (C=O) groups excluding carboxylic acids is 1. The van der Waals surface area contributed by atoms with Crippen LogP contribution >= 0.6 is 0 Å². The molecule has 3 aromatic carbocycles. The Morgan fingerprint density at radius 3 is 2.38 bits per heavy atom. The second kappa shape index (κ2) is 11.6. The van der Waals surface area contributed by atoms with Gasteiger partial charge < -0.3 is 18.8 Å². The molecule has 0 fully saturated rings. The van der Waals surface area contributed by atoms with Crippen molar-refractivity contribution in [3.05, 3.63) is 104 Å². The van der Waals surface area contributed by atoms with Crippen molar-refractivity contribution in [2.45, 2.75) is 66.0 Å². The summed E-state index contributed by atoms with van der Waals surface area (Å²) >= 11 is 0. The lowest BCUT2D eigenvalue weighted by molar-refractivity contribution is 0.0714. The van der Waals surface area contributed by atoms with Crippen molar-refractivity contribution in [3.8, 4) is 11.5 Å². The molecule has 5 rings (SSSR count). The molecular weight excluding hydrogens is 502 g/mol. The number of rotatable bonds is 10. The van der Waals surface area contributed by atoms with Crippen LogP contribution in [-0.4, -0.2) is 24.5 Å². The van der Waals surface area contributed by atoms with E-state index in [4.69, 9.17) is 13.9 Å². The molecular formula is C34H37NO5. The Balaban J connectivity index is 1.60. The molecule has 1 unspecified atom stereocenters. The molecule has 0 aliphatic carbocycles. The van der Waals surface area contributed by atoms with Crippen LogP contribution in [0.4, 0.5) is 0 Å². The Kier molecular flexibility index (Phi) is 7.97. The van der Waals surface area contributed by atoms with E-state index >= 15 is 0 Å². The molecule has 1 aliphatic rings. The first kappa shape index (κ1) is 27.5. The largest absolute Gasteiger partial charge is 0.493 e. The molecule has 6 nitrogen and oxygen atoms in total. The Bertz CT molecular complexity index is 1600. The van der Waals surface area contributed by atoms with Crippen LogP contribution in [0, 0.1) is 20.8 Å². The van der Waals surface area contributed by atoms with E-state index in [-0.39, 0.29) is 17.1 Å². The standard InChI is InChI=1S/C34H37NO5/c1-6-7-8-9-16-39-27-15-14-25(19-28(27)38-5)30-29-31(36)26-18-22(3)17-23(4)32(26)40-33(29)34(37)35(30)20-24-12-10-21(2)11-13-24/h10-15,17-19,30H,6-9,16,20H2,1-5H3. The van der Waals surface area contributed by atoms with E-state index in [9.17, 15) is 9.59 Å². The maximum Gasteiger partial charge on any atom is 0.291 e. The van der Waals surface area contributed by atoms with E-state index in [2.05, 4.69) is 6.92 Å². The summed E-state index contributed by atoms with van der Waals surface area (Å²) in [7, 11) is 1.61. The molecule has 2 heterocycles. The summed E-state index contributed by atoms with van der Waals surface area (Å²) in [5.74, 6) is 1.03. The third kappa shape index (κ3) is 5.23. The van der Waals surface area contributed by atoms with Crippen LogP contribution in [0.5, 0.6) is 11.5 Å². The lowest BCUT2D eigenvalue weighted by atomic mass is 9.96. The molecule has 1 aromatic heterocycles. The predicted molar refractivity (Wildman–Crippen MR) is 157 cm³/mol. The van der Waals surface area contributed by atoms with Gasteiger partial charge in [-0.25, -0.2) is 0 Å². The number of hydrogen-bond donors (Lipinski definition) is 0. The van der Waals surface area contributed by atoms with Gasteiger partial charge in [0.15, 0.2) is 16.9 Å². The predicted octanol–water partition coefficient (Wildman–Crippen LogP) is 7.43. The molecule has 1 atom stereocenters. The minimum absolute atomic E-state index is 0.108. The Hall–Kier alpha value is -4.06. The van der Waals surface area contributed by atoms with Crippen LogP contribution < -0.4 is 14.9 Å². The Morgan fingerprint density at radius 1 is 0.875 bits per heavy atom. The van der Waals surface area contributed by atoms with Gasteiger partial charge in [-0.15, -0.1) is 0 Å². The average Bonchev–Trinajstić information content (AvgIpc) is 3.22. The summed E-state index contributed by atoms with van der Waals surface area (Å²) in [6, 6.07) is 16.9. The van der Waals surface area contributed by atoms with Crippen LogP contribution in [0.3, 0.4) is 0 Å². The fourth-order valence-corrected chi connectivity index (χ4v) is 5.56. The van der Waals surface area contributed by atoms with Crippen molar-refractivity contribution in [2.75, 3.05) is 13.7 Å². The third-order valence-corrected chi connectivity index (χ3v) is 7.63. The number of aryl methyl sites for hydroxylation is 3. The highest BCUT2D eigenvalue weighted by Crippen LogP contribution is 2.42. The van der Waals surface area contributed by atoms with Gasteiger partial charge in [0.2, 0.25) is 5.76 Å². The van der Waals surface area contributed by atoms with Gasteiger partial charge in [0.05, 0.1) is 30.7 Å². The summed E-state index contributed by atoms with van der Waals surface area (Å²) < 4.78 is 18.0. The van der Waals surface area contributed by atoms with Gasteiger partial charge in [0.1, 0.15) is 5.58 Å². The van der Waals surface area contributed by atoms with Gasteiger partial charge in [-0.05, 0) is 67.6 Å².